The Morgan fingerprint density at radius 1 is 0.840 bits per heavy atom. The van der Waals surface area contributed by atoms with Crippen molar-refractivity contribution in [3.8, 4) is 0 Å². The van der Waals surface area contributed by atoms with Gasteiger partial charge >= 0.3 is 17.9 Å². The molecule has 0 aromatic rings. The Kier molecular flexibility index (Phi) is 15.1. The summed E-state index contributed by atoms with van der Waals surface area (Å²) < 4.78 is 4.64. The van der Waals surface area contributed by atoms with Crippen LogP contribution in [-0.2, 0) is 19.1 Å². The highest BCUT2D eigenvalue weighted by molar-refractivity contribution is 5.88. The second-order valence-corrected chi connectivity index (χ2v) is 6.62. The van der Waals surface area contributed by atoms with Crippen LogP contribution in [0.15, 0.2) is 0 Å². The van der Waals surface area contributed by atoms with Crippen LogP contribution >= 0.6 is 0 Å². The zero-order valence-corrected chi connectivity index (χ0v) is 15.6. The van der Waals surface area contributed by atoms with Crippen LogP contribution in [0.4, 0.5) is 0 Å². The zero-order valence-electron chi connectivity index (χ0n) is 15.6. The van der Waals surface area contributed by atoms with Crippen molar-refractivity contribution in [2.75, 3.05) is 0 Å². The Hall–Kier alpha value is -1.43. The summed E-state index contributed by atoms with van der Waals surface area (Å²) in [5.41, 5.74) is 5.48. The SMILES string of the molecule is CCCCCCCCCCCCCC(=O)OC(=O)C(N)CCC(=O)O. The Labute approximate surface area is 151 Å². The number of rotatable bonds is 16. The molecule has 0 rings (SSSR count). The number of aliphatic carboxylic acids is 1. The van der Waals surface area contributed by atoms with E-state index in [1.54, 1.807) is 0 Å². The molecule has 0 amide bonds. The van der Waals surface area contributed by atoms with E-state index < -0.39 is 23.9 Å². The minimum absolute atomic E-state index is 0.0279. The van der Waals surface area contributed by atoms with Gasteiger partial charge in [0.15, 0.2) is 0 Å². The van der Waals surface area contributed by atoms with Gasteiger partial charge in [-0.05, 0) is 12.8 Å². The van der Waals surface area contributed by atoms with E-state index in [1.807, 2.05) is 0 Å². The first-order chi connectivity index (χ1) is 12.0. The Morgan fingerprint density at radius 2 is 1.32 bits per heavy atom. The molecule has 0 aliphatic carbocycles. The van der Waals surface area contributed by atoms with Crippen LogP contribution < -0.4 is 5.73 Å². The predicted molar refractivity (Wildman–Crippen MR) is 97.0 cm³/mol. The summed E-state index contributed by atoms with van der Waals surface area (Å²) >= 11 is 0. The summed E-state index contributed by atoms with van der Waals surface area (Å²) in [4.78, 5) is 33.4. The number of unbranched alkanes of at least 4 members (excludes halogenated alkanes) is 10. The first-order valence-electron chi connectivity index (χ1n) is 9.69. The van der Waals surface area contributed by atoms with Crippen LogP contribution in [0.3, 0.4) is 0 Å². The highest BCUT2D eigenvalue weighted by Gasteiger charge is 2.19. The van der Waals surface area contributed by atoms with Gasteiger partial charge in [-0.2, -0.15) is 0 Å². The highest BCUT2D eigenvalue weighted by atomic mass is 16.6. The summed E-state index contributed by atoms with van der Waals surface area (Å²) in [6, 6.07) is -1.06. The molecule has 0 heterocycles. The number of ether oxygens (including phenoxy) is 1. The number of nitrogens with two attached hydrogens (primary N) is 1. The van der Waals surface area contributed by atoms with Gasteiger partial charge in [0.05, 0.1) is 0 Å². The highest BCUT2D eigenvalue weighted by Crippen LogP contribution is 2.12. The van der Waals surface area contributed by atoms with E-state index in [0.717, 1.165) is 12.8 Å². The summed E-state index contributed by atoms with van der Waals surface area (Å²) in [6.07, 6.45) is 13.0. The number of carbonyl (C=O) groups is 3. The van der Waals surface area contributed by atoms with E-state index in [0.29, 0.717) is 6.42 Å². The van der Waals surface area contributed by atoms with E-state index in [9.17, 15) is 14.4 Å². The largest absolute Gasteiger partial charge is 0.481 e. The fourth-order valence-electron chi connectivity index (χ4n) is 2.57. The fraction of sp³-hybridized carbons (Fsp3) is 0.842. The van der Waals surface area contributed by atoms with Gasteiger partial charge in [-0.3, -0.25) is 9.59 Å². The summed E-state index contributed by atoms with van der Waals surface area (Å²) in [5.74, 6) is -2.45. The lowest BCUT2D eigenvalue weighted by atomic mass is 10.1. The molecule has 0 fully saturated rings. The van der Waals surface area contributed by atoms with Crippen LogP contribution in [-0.4, -0.2) is 29.1 Å². The average molecular weight is 357 g/mol. The van der Waals surface area contributed by atoms with Crippen molar-refractivity contribution < 1.29 is 24.2 Å². The van der Waals surface area contributed by atoms with Crippen LogP contribution in [0.25, 0.3) is 0 Å². The molecule has 3 N–H and O–H groups in total. The van der Waals surface area contributed by atoms with Gasteiger partial charge in [0, 0.05) is 12.8 Å². The molecule has 0 bridgehead atoms. The van der Waals surface area contributed by atoms with Crippen LogP contribution in [0, 0.1) is 0 Å². The number of hydrogen-bond acceptors (Lipinski definition) is 5. The third kappa shape index (κ3) is 15.8. The molecule has 0 aliphatic heterocycles. The molecule has 6 nitrogen and oxygen atoms in total. The Balaban J connectivity index is 3.48. The fourth-order valence-corrected chi connectivity index (χ4v) is 2.57. The van der Waals surface area contributed by atoms with Gasteiger partial charge < -0.3 is 15.6 Å². The summed E-state index contributed by atoms with van der Waals surface area (Å²) in [7, 11) is 0. The van der Waals surface area contributed by atoms with Gasteiger partial charge in [0.25, 0.3) is 0 Å². The maximum absolute atomic E-state index is 11.5. The minimum Gasteiger partial charge on any atom is -0.481 e. The first kappa shape index (κ1) is 23.6. The molecular formula is C19H35NO5. The molecule has 1 atom stereocenters. The van der Waals surface area contributed by atoms with Crippen molar-refractivity contribution >= 4 is 17.9 Å². The lowest BCUT2D eigenvalue weighted by molar-refractivity contribution is -0.160. The molecule has 6 heteroatoms. The number of carbonyl (C=O) groups excluding carboxylic acids is 2. The number of carboxylic acid groups (broad SMARTS) is 1. The molecule has 0 aromatic carbocycles. The van der Waals surface area contributed by atoms with Crippen LogP contribution in [0.2, 0.25) is 0 Å². The quantitative estimate of drug-likeness (QED) is 0.246. The third-order valence-corrected chi connectivity index (χ3v) is 4.17. The van der Waals surface area contributed by atoms with Crippen molar-refractivity contribution in [3.05, 3.63) is 0 Å². The first-order valence-corrected chi connectivity index (χ1v) is 9.69. The summed E-state index contributed by atoms with van der Waals surface area (Å²) in [5, 5.41) is 8.52. The van der Waals surface area contributed by atoms with E-state index in [1.165, 1.54) is 51.4 Å². The molecular weight excluding hydrogens is 322 g/mol. The third-order valence-electron chi connectivity index (χ3n) is 4.17. The monoisotopic (exact) mass is 357 g/mol. The van der Waals surface area contributed by atoms with Gasteiger partial charge in [-0.1, -0.05) is 71.1 Å². The van der Waals surface area contributed by atoms with Gasteiger partial charge in [-0.25, -0.2) is 4.79 Å². The number of esters is 2. The molecule has 0 saturated carbocycles. The van der Waals surface area contributed by atoms with Crippen molar-refractivity contribution in [3.63, 3.8) is 0 Å². The minimum atomic E-state index is -1.06. The van der Waals surface area contributed by atoms with Crippen molar-refractivity contribution in [2.45, 2.75) is 103 Å². The molecule has 146 valence electrons. The maximum atomic E-state index is 11.5. The lowest BCUT2D eigenvalue weighted by Crippen LogP contribution is -2.34. The predicted octanol–water partition coefficient (Wildman–Crippen LogP) is 3.95. The molecule has 1 unspecified atom stereocenters. The second kappa shape index (κ2) is 16.1. The van der Waals surface area contributed by atoms with Crippen molar-refractivity contribution in [2.24, 2.45) is 5.73 Å². The molecule has 0 aliphatic rings. The van der Waals surface area contributed by atoms with Gasteiger partial charge in [0.1, 0.15) is 6.04 Å². The van der Waals surface area contributed by atoms with E-state index in [-0.39, 0.29) is 19.3 Å². The lowest BCUT2D eigenvalue weighted by Gasteiger charge is -2.09. The van der Waals surface area contributed by atoms with Crippen molar-refractivity contribution in [1.29, 1.82) is 0 Å². The Bertz CT molecular complexity index is 384. The zero-order chi connectivity index (χ0) is 18.9. The number of carboxylic acids is 1. The standard InChI is InChI=1S/C19H35NO5/c1-2-3-4-5-6-7-8-9-10-11-12-13-18(23)25-19(24)16(20)14-15-17(21)22/h16H,2-15,20H2,1H3,(H,21,22). The van der Waals surface area contributed by atoms with Crippen molar-refractivity contribution in [1.82, 2.24) is 0 Å². The smallest absolute Gasteiger partial charge is 0.330 e. The molecule has 0 saturated heterocycles. The number of hydrogen-bond donors (Lipinski definition) is 2. The molecule has 0 radical (unpaired) electrons. The maximum Gasteiger partial charge on any atom is 0.330 e. The van der Waals surface area contributed by atoms with E-state index in [4.69, 9.17) is 10.8 Å². The molecule has 0 aromatic heterocycles. The van der Waals surface area contributed by atoms with Gasteiger partial charge in [0.2, 0.25) is 0 Å². The Morgan fingerprint density at radius 3 is 1.80 bits per heavy atom. The van der Waals surface area contributed by atoms with Crippen LogP contribution in [0.5, 0.6) is 0 Å². The van der Waals surface area contributed by atoms with E-state index in [2.05, 4.69) is 11.7 Å². The second-order valence-electron chi connectivity index (χ2n) is 6.62. The van der Waals surface area contributed by atoms with Crippen LogP contribution in [0.1, 0.15) is 96.8 Å². The topological polar surface area (TPSA) is 107 Å². The van der Waals surface area contributed by atoms with E-state index >= 15 is 0 Å². The van der Waals surface area contributed by atoms with Gasteiger partial charge in [-0.15, -0.1) is 0 Å². The normalized spacial score (nSPS) is 11.9. The molecule has 25 heavy (non-hydrogen) atoms. The molecule has 0 spiro atoms. The average Bonchev–Trinajstić information content (AvgIpc) is 2.57. The summed E-state index contributed by atoms with van der Waals surface area (Å²) in [6.45, 7) is 2.22.